The Morgan fingerprint density at radius 2 is 2.00 bits per heavy atom. The van der Waals surface area contributed by atoms with Gasteiger partial charge in [0.2, 0.25) is 10.0 Å². The molecule has 1 aromatic heterocycles. The molecule has 1 aromatic carbocycles. The lowest BCUT2D eigenvalue weighted by molar-refractivity contribution is 0.586. The molecule has 0 amide bonds. The molecule has 0 unspecified atom stereocenters. The summed E-state index contributed by atoms with van der Waals surface area (Å²) < 4.78 is 26.8. The number of benzene rings is 1. The molecule has 0 bridgehead atoms. The average molecular weight is 381 g/mol. The summed E-state index contributed by atoms with van der Waals surface area (Å²) in [5.41, 5.74) is 2.16. The van der Waals surface area contributed by atoms with Crippen molar-refractivity contribution in [1.29, 1.82) is 0 Å². The molecular weight excluding hydrogens is 352 g/mol. The van der Waals surface area contributed by atoms with E-state index in [1.807, 2.05) is 32.0 Å². The predicted molar refractivity (Wildman–Crippen MR) is 106 cm³/mol. The molecule has 0 saturated carbocycles. The Morgan fingerprint density at radius 3 is 2.73 bits per heavy atom. The van der Waals surface area contributed by atoms with Crippen LogP contribution in [0.2, 0.25) is 0 Å². The maximum atomic E-state index is 11.1. The Balaban J connectivity index is 1.84. The Morgan fingerprint density at radius 1 is 1.23 bits per heavy atom. The third kappa shape index (κ3) is 6.30. The monoisotopic (exact) mass is 380 g/mol. The second kappa shape index (κ2) is 9.54. The van der Waals surface area contributed by atoms with Crippen molar-refractivity contribution < 1.29 is 8.42 Å². The fourth-order valence-corrected chi connectivity index (χ4v) is 3.13. The molecule has 2 aromatic rings. The number of hydrogen-bond acceptors (Lipinski definition) is 4. The van der Waals surface area contributed by atoms with Gasteiger partial charge in [0.15, 0.2) is 5.96 Å². The second-order valence-corrected chi connectivity index (χ2v) is 7.84. The Bertz CT molecular complexity index is 844. The molecule has 1 heterocycles. The van der Waals surface area contributed by atoms with Crippen LogP contribution in [0.15, 0.2) is 29.3 Å². The number of hydrogen-bond donors (Lipinski definition) is 3. The largest absolute Gasteiger partial charge is 0.357 e. The SMILES string of the molecule is CCNC(=NCCCn1c(C)nc2ccccc21)NCCNS(C)(=O)=O. The van der Waals surface area contributed by atoms with Gasteiger partial charge < -0.3 is 15.2 Å². The first kappa shape index (κ1) is 20.2. The van der Waals surface area contributed by atoms with E-state index in [1.165, 1.54) is 0 Å². The van der Waals surface area contributed by atoms with Gasteiger partial charge in [0.25, 0.3) is 0 Å². The molecular formula is C17H28N6O2S. The number of imidazole rings is 1. The van der Waals surface area contributed by atoms with Crippen LogP contribution in [0, 0.1) is 6.92 Å². The standard InChI is InChI=1S/C17H28N6O2S/c1-4-18-17(20-11-12-21-26(3,24)25)19-10-7-13-23-14(2)22-15-8-5-6-9-16(15)23/h5-6,8-9,21H,4,7,10-13H2,1-3H3,(H2,18,19,20). The first-order valence-electron chi connectivity index (χ1n) is 8.79. The lowest BCUT2D eigenvalue weighted by Gasteiger charge is -2.11. The molecule has 3 N–H and O–H groups in total. The zero-order chi connectivity index (χ0) is 19.0. The van der Waals surface area contributed by atoms with Crippen LogP contribution in [0.5, 0.6) is 0 Å². The van der Waals surface area contributed by atoms with E-state index in [-0.39, 0.29) is 0 Å². The zero-order valence-corrected chi connectivity index (χ0v) is 16.4. The minimum Gasteiger partial charge on any atom is -0.357 e. The molecule has 0 aliphatic carbocycles. The maximum absolute atomic E-state index is 11.1. The van der Waals surface area contributed by atoms with Crippen LogP contribution in [0.3, 0.4) is 0 Å². The summed E-state index contributed by atoms with van der Waals surface area (Å²) in [4.78, 5) is 9.11. The first-order valence-corrected chi connectivity index (χ1v) is 10.7. The summed E-state index contributed by atoms with van der Waals surface area (Å²) in [6, 6.07) is 8.12. The van der Waals surface area contributed by atoms with E-state index in [0.29, 0.717) is 25.6 Å². The minimum atomic E-state index is -3.16. The van der Waals surface area contributed by atoms with Crippen LogP contribution < -0.4 is 15.4 Å². The molecule has 0 atom stereocenters. The third-order valence-electron chi connectivity index (χ3n) is 3.78. The van der Waals surface area contributed by atoms with Crippen molar-refractivity contribution in [3.05, 3.63) is 30.1 Å². The number of guanidine groups is 1. The average Bonchev–Trinajstić information content (AvgIpc) is 2.90. The molecule has 2 rings (SSSR count). The van der Waals surface area contributed by atoms with Crippen molar-refractivity contribution in [2.24, 2.45) is 4.99 Å². The summed E-state index contributed by atoms with van der Waals surface area (Å²) in [5.74, 6) is 1.70. The number of aromatic nitrogens is 2. The molecule has 9 heteroatoms. The van der Waals surface area contributed by atoms with Gasteiger partial charge in [0.05, 0.1) is 17.3 Å². The molecule has 0 saturated heterocycles. The van der Waals surface area contributed by atoms with Crippen molar-refractivity contribution in [3.63, 3.8) is 0 Å². The minimum absolute atomic E-state index is 0.323. The quantitative estimate of drug-likeness (QED) is 0.340. The van der Waals surface area contributed by atoms with Crippen molar-refractivity contribution in [3.8, 4) is 0 Å². The van der Waals surface area contributed by atoms with E-state index < -0.39 is 10.0 Å². The summed E-state index contributed by atoms with van der Waals surface area (Å²) in [5, 5.41) is 6.28. The van der Waals surface area contributed by atoms with Gasteiger partial charge in [-0.25, -0.2) is 18.1 Å². The second-order valence-electron chi connectivity index (χ2n) is 6.01. The van der Waals surface area contributed by atoms with E-state index in [4.69, 9.17) is 0 Å². The molecule has 26 heavy (non-hydrogen) atoms. The number of nitrogens with one attached hydrogen (secondary N) is 3. The smallest absolute Gasteiger partial charge is 0.208 e. The number of fused-ring (bicyclic) bond motifs is 1. The Labute approximate surface area is 155 Å². The summed E-state index contributed by atoms with van der Waals surface area (Å²) in [6.45, 7) is 7.08. The van der Waals surface area contributed by atoms with E-state index >= 15 is 0 Å². The zero-order valence-electron chi connectivity index (χ0n) is 15.6. The highest BCUT2D eigenvalue weighted by atomic mass is 32.2. The highest BCUT2D eigenvalue weighted by Gasteiger charge is 2.06. The van der Waals surface area contributed by atoms with Crippen LogP contribution >= 0.6 is 0 Å². The summed E-state index contributed by atoms with van der Waals surface area (Å²) in [6.07, 6.45) is 2.04. The van der Waals surface area contributed by atoms with Crippen LogP contribution in [-0.4, -0.2) is 56.4 Å². The lowest BCUT2D eigenvalue weighted by atomic mass is 10.3. The van der Waals surface area contributed by atoms with Gasteiger partial charge in [-0.1, -0.05) is 12.1 Å². The number of aryl methyl sites for hydroxylation is 2. The Kier molecular flexibility index (Phi) is 7.40. The molecule has 0 aliphatic heterocycles. The first-order chi connectivity index (χ1) is 12.4. The van der Waals surface area contributed by atoms with Crippen LogP contribution in [0.25, 0.3) is 11.0 Å². The van der Waals surface area contributed by atoms with Gasteiger partial charge in [-0.05, 0) is 32.4 Å². The van der Waals surface area contributed by atoms with Crippen LogP contribution in [0.4, 0.5) is 0 Å². The van der Waals surface area contributed by atoms with Crippen molar-refractivity contribution in [1.82, 2.24) is 24.9 Å². The number of rotatable bonds is 9. The number of nitrogens with zero attached hydrogens (tertiary/aromatic N) is 3. The van der Waals surface area contributed by atoms with Crippen molar-refractivity contribution >= 4 is 27.0 Å². The normalized spacial score (nSPS) is 12.5. The van der Waals surface area contributed by atoms with Gasteiger partial charge in [-0.2, -0.15) is 0 Å². The lowest BCUT2D eigenvalue weighted by Crippen LogP contribution is -2.41. The van der Waals surface area contributed by atoms with Gasteiger partial charge >= 0.3 is 0 Å². The van der Waals surface area contributed by atoms with Crippen molar-refractivity contribution in [2.45, 2.75) is 26.8 Å². The number of para-hydroxylation sites is 2. The third-order valence-corrected chi connectivity index (χ3v) is 4.51. The molecule has 0 aliphatic rings. The highest BCUT2D eigenvalue weighted by molar-refractivity contribution is 7.88. The molecule has 0 fully saturated rings. The predicted octanol–water partition coefficient (Wildman–Crippen LogP) is 0.839. The summed E-state index contributed by atoms with van der Waals surface area (Å²) in [7, 11) is -3.16. The van der Waals surface area contributed by atoms with E-state index in [2.05, 4.69) is 36.0 Å². The van der Waals surface area contributed by atoms with Crippen molar-refractivity contribution in [2.75, 3.05) is 32.4 Å². The number of aliphatic imine (C=N–C) groups is 1. The van der Waals surface area contributed by atoms with Crippen LogP contribution in [-0.2, 0) is 16.6 Å². The summed E-state index contributed by atoms with van der Waals surface area (Å²) >= 11 is 0. The van der Waals surface area contributed by atoms with E-state index in [1.54, 1.807) is 0 Å². The van der Waals surface area contributed by atoms with Gasteiger partial charge in [0, 0.05) is 32.7 Å². The number of sulfonamides is 1. The van der Waals surface area contributed by atoms with E-state index in [0.717, 1.165) is 42.6 Å². The van der Waals surface area contributed by atoms with E-state index in [9.17, 15) is 8.42 Å². The Hall–Kier alpha value is -2.13. The fourth-order valence-electron chi connectivity index (χ4n) is 2.66. The van der Waals surface area contributed by atoms with Crippen LogP contribution in [0.1, 0.15) is 19.2 Å². The fraction of sp³-hybridized carbons (Fsp3) is 0.529. The molecule has 8 nitrogen and oxygen atoms in total. The highest BCUT2D eigenvalue weighted by Crippen LogP contribution is 2.15. The topological polar surface area (TPSA) is 100 Å². The maximum Gasteiger partial charge on any atom is 0.208 e. The molecule has 0 spiro atoms. The van der Waals surface area contributed by atoms with Gasteiger partial charge in [0.1, 0.15) is 5.82 Å². The molecule has 144 valence electrons. The van der Waals surface area contributed by atoms with Gasteiger partial charge in [-0.3, -0.25) is 4.99 Å². The molecule has 0 radical (unpaired) electrons. The van der Waals surface area contributed by atoms with Gasteiger partial charge in [-0.15, -0.1) is 0 Å².